The highest BCUT2D eigenvalue weighted by molar-refractivity contribution is 4.92. The molecule has 0 spiro atoms. The number of likely N-dealkylation sites (N-methyl/N-ethyl adjacent to an activating group) is 1. The van der Waals surface area contributed by atoms with E-state index in [1.54, 1.807) is 0 Å². The van der Waals surface area contributed by atoms with E-state index in [0.29, 0.717) is 5.41 Å². The van der Waals surface area contributed by atoms with E-state index >= 15 is 0 Å². The van der Waals surface area contributed by atoms with Gasteiger partial charge < -0.3 is 15.1 Å². The number of likely N-dealkylation sites (tertiary alicyclic amines) is 1. The molecule has 2 aliphatic rings. The van der Waals surface area contributed by atoms with Crippen molar-refractivity contribution in [2.75, 3.05) is 47.3 Å². The van der Waals surface area contributed by atoms with Crippen molar-refractivity contribution in [2.24, 2.45) is 11.3 Å². The molecule has 19 heavy (non-hydrogen) atoms. The summed E-state index contributed by atoms with van der Waals surface area (Å²) in [6.45, 7) is 7.49. The molecule has 0 aromatic rings. The molecule has 1 aliphatic heterocycles. The topological polar surface area (TPSA) is 18.5 Å². The molecule has 112 valence electrons. The summed E-state index contributed by atoms with van der Waals surface area (Å²) in [5.74, 6) is 0.943. The Morgan fingerprint density at radius 2 is 1.89 bits per heavy atom. The lowest BCUT2D eigenvalue weighted by molar-refractivity contribution is 0.0968. The van der Waals surface area contributed by atoms with Gasteiger partial charge in [-0.05, 0) is 58.3 Å². The zero-order chi connectivity index (χ0) is 13.9. The predicted octanol–water partition coefficient (Wildman–Crippen LogP) is 2.04. The Hall–Kier alpha value is -0.120. The first kappa shape index (κ1) is 15.3. The Labute approximate surface area is 119 Å². The lowest BCUT2D eigenvalue weighted by Gasteiger charge is -2.42. The highest BCUT2D eigenvalue weighted by Crippen LogP contribution is 2.39. The third kappa shape index (κ3) is 3.93. The summed E-state index contributed by atoms with van der Waals surface area (Å²) in [5.41, 5.74) is 0.544. The molecule has 1 saturated heterocycles. The SMILES string of the molecule is CNCC1(CN2CCC(N(C)C)C2)CCC(C)CC1. The summed E-state index contributed by atoms with van der Waals surface area (Å²) in [6.07, 6.45) is 7.02. The summed E-state index contributed by atoms with van der Waals surface area (Å²) in [7, 11) is 6.56. The molecule has 3 heteroatoms. The zero-order valence-corrected chi connectivity index (χ0v) is 13.4. The van der Waals surface area contributed by atoms with Crippen molar-refractivity contribution < 1.29 is 0 Å². The van der Waals surface area contributed by atoms with Crippen molar-refractivity contribution in [2.45, 2.75) is 45.1 Å². The van der Waals surface area contributed by atoms with Crippen molar-refractivity contribution in [3.63, 3.8) is 0 Å². The van der Waals surface area contributed by atoms with Crippen LogP contribution in [-0.4, -0.2) is 63.2 Å². The normalized spacial score (nSPS) is 37.1. The van der Waals surface area contributed by atoms with Crippen LogP contribution in [0.1, 0.15) is 39.0 Å². The highest BCUT2D eigenvalue weighted by Gasteiger charge is 2.37. The molecule has 1 saturated carbocycles. The predicted molar refractivity (Wildman–Crippen MR) is 82.5 cm³/mol. The molecular weight excluding hydrogens is 234 g/mol. The fourth-order valence-electron chi connectivity index (χ4n) is 3.99. The molecule has 1 heterocycles. The number of rotatable bonds is 5. The molecule has 0 bridgehead atoms. The monoisotopic (exact) mass is 267 g/mol. The van der Waals surface area contributed by atoms with Crippen LogP contribution in [-0.2, 0) is 0 Å². The van der Waals surface area contributed by atoms with Gasteiger partial charge in [0.05, 0.1) is 0 Å². The Kier molecular flexibility index (Phi) is 5.27. The van der Waals surface area contributed by atoms with Crippen LogP contribution < -0.4 is 5.32 Å². The maximum absolute atomic E-state index is 3.46. The Morgan fingerprint density at radius 3 is 2.42 bits per heavy atom. The van der Waals surface area contributed by atoms with Crippen LogP contribution in [0.15, 0.2) is 0 Å². The molecule has 1 unspecified atom stereocenters. The summed E-state index contributed by atoms with van der Waals surface area (Å²) >= 11 is 0. The van der Waals surface area contributed by atoms with Gasteiger partial charge in [-0.3, -0.25) is 0 Å². The van der Waals surface area contributed by atoms with E-state index < -0.39 is 0 Å². The maximum Gasteiger partial charge on any atom is 0.0229 e. The number of hydrogen-bond donors (Lipinski definition) is 1. The molecule has 3 nitrogen and oxygen atoms in total. The number of hydrogen-bond acceptors (Lipinski definition) is 3. The van der Waals surface area contributed by atoms with Crippen molar-refractivity contribution in [3.05, 3.63) is 0 Å². The first-order valence-electron chi connectivity index (χ1n) is 8.08. The van der Waals surface area contributed by atoms with E-state index in [2.05, 4.69) is 43.2 Å². The van der Waals surface area contributed by atoms with Gasteiger partial charge in [0.25, 0.3) is 0 Å². The highest BCUT2D eigenvalue weighted by atomic mass is 15.2. The number of nitrogens with one attached hydrogen (secondary N) is 1. The number of nitrogens with zero attached hydrogens (tertiary/aromatic N) is 2. The summed E-state index contributed by atoms with van der Waals surface area (Å²) in [5, 5.41) is 3.46. The van der Waals surface area contributed by atoms with Gasteiger partial charge in [0.2, 0.25) is 0 Å². The molecule has 1 N–H and O–H groups in total. The standard InChI is InChI=1S/C16H33N3/c1-14-5-8-16(9-6-14,12-17-2)13-19-10-7-15(11-19)18(3)4/h14-15,17H,5-13H2,1-4H3. The minimum Gasteiger partial charge on any atom is -0.319 e. The van der Waals surface area contributed by atoms with Gasteiger partial charge in [-0.1, -0.05) is 19.8 Å². The van der Waals surface area contributed by atoms with Gasteiger partial charge >= 0.3 is 0 Å². The van der Waals surface area contributed by atoms with Crippen molar-refractivity contribution in [1.29, 1.82) is 0 Å². The van der Waals surface area contributed by atoms with Gasteiger partial charge in [-0.15, -0.1) is 0 Å². The van der Waals surface area contributed by atoms with Gasteiger partial charge in [-0.2, -0.15) is 0 Å². The van der Waals surface area contributed by atoms with Crippen LogP contribution in [0.5, 0.6) is 0 Å². The van der Waals surface area contributed by atoms with Crippen LogP contribution in [0.3, 0.4) is 0 Å². The molecule has 0 aromatic carbocycles. The second-order valence-corrected chi connectivity index (χ2v) is 7.35. The van der Waals surface area contributed by atoms with Gasteiger partial charge in [-0.25, -0.2) is 0 Å². The average Bonchev–Trinajstić information content (AvgIpc) is 2.82. The first-order valence-corrected chi connectivity index (χ1v) is 8.08. The smallest absolute Gasteiger partial charge is 0.0229 e. The lowest BCUT2D eigenvalue weighted by Crippen LogP contribution is -2.45. The van der Waals surface area contributed by atoms with Crippen LogP contribution in [0.2, 0.25) is 0 Å². The van der Waals surface area contributed by atoms with Crippen molar-refractivity contribution in [1.82, 2.24) is 15.1 Å². The molecule has 0 amide bonds. The molecule has 0 radical (unpaired) electrons. The molecular formula is C16H33N3. The van der Waals surface area contributed by atoms with E-state index in [4.69, 9.17) is 0 Å². The quantitative estimate of drug-likeness (QED) is 0.822. The molecule has 1 aliphatic carbocycles. The van der Waals surface area contributed by atoms with Crippen molar-refractivity contribution in [3.8, 4) is 0 Å². The van der Waals surface area contributed by atoms with E-state index in [1.807, 2.05) is 0 Å². The first-order chi connectivity index (χ1) is 9.04. The molecule has 1 atom stereocenters. The Morgan fingerprint density at radius 1 is 1.21 bits per heavy atom. The minimum absolute atomic E-state index is 0.544. The molecule has 2 fully saturated rings. The Balaban J connectivity index is 1.90. The van der Waals surface area contributed by atoms with Gasteiger partial charge in [0, 0.05) is 25.7 Å². The van der Waals surface area contributed by atoms with Gasteiger partial charge in [0.15, 0.2) is 0 Å². The maximum atomic E-state index is 3.46. The van der Waals surface area contributed by atoms with Crippen LogP contribution in [0.25, 0.3) is 0 Å². The second kappa shape index (κ2) is 6.55. The van der Waals surface area contributed by atoms with E-state index in [-0.39, 0.29) is 0 Å². The van der Waals surface area contributed by atoms with E-state index in [0.717, 1.165) is 12.0 Å². The summed E-state index contributed by atoms with van der Waals surface area (Å²) in [4.78, 5) is 5.12. The largest absolute Gasteiger partial charge is 0.319 e. The average molecular weight is 267 g/mol. The fourth-order valence-corrected chi connectivity index (χ4v) is 3.99. The summed E-state index contributed by atoms with van der Waals surface area (Å²) < 4.78 is 0. The fraction of sp³-hybridized carbons (Fsp3) is 1.00. The summed E-state index contributed by atoms with van der Waals surface area (Å²) in [6, 6.07) is 0.772. The third-order valence-electron chi connectivity index (χ3n) is 5.42. The van der Waals surface area contributed by atoms with Crippen molar-refractivity contribution >= 4 is 0 Å². The van der Waals surface area contributed by atoms with Crippen LogP contribution in [0.4, 0.5) is 0 Å². The van der Waals surface area contributed by atoms with E-state index in [1.165, 1.54) is 58.3 Å². The third-order valence-corrected chi connectivity index (χ3v) is 5.42. The zero-order valence-electron chi connectivity index (χ0n) is 13.4. The second-order valence-electron chi connectivity index (χ2n) is 7.35. The van der Waals surface area contributed by atoms with Crippen LogP contribution >= 0.6 is 0 Å². The molecule has 2 rings (SSSR count). The molecule has 0 aromatic heterocycles. The van der Waals surface area contributed by atoms with Crippen LogP contribution in [0, 0.1) is 11.3 Å². The lowest BCUT2D eigenvalue weighted by atomic mass is 9.70. The minimum atomic E-state index is 0.544. The van der Waals surface area contributed by atoms with Gasteiger partial charge in [0.1, 0.15) is 0 Å². The van der Waals surface area contributed by atoms with E-state index in [9.17, 15) is 0 Å². The Bertz CT molecular complexity index is 269.